The number of nitrogens with two attached hydrogens (primary N) is 1. The summed E-state index contributed by atoms with van der Waals surface area (Å²) in [6, 6.07) is 5.38. The number of hydrogen-bond donors (Lipinski definition) is 1. The van der Waals surface area contributed by atoms with Crippen molar-refractivity contribution in [1.82, 2.24) is 4.90 Å². The lowest BCUT2D eigenvalue weighted by atomic mass is 9.94. The van der Waals surface area contributed by atoms with Gasteiger partial charge < -0.3 is 10.6 Å². The van der Waals surface area contributed by atoms with Crippen molar-refractivity contribution in [2.75, 3.05) is 18.8 Å². The number of likely N-dealkylation sites (tertiary alicyclic amines) is 1. The Morgan fingerprint density at radius 2 is 2.11 bits per heavy atom. The molecule has 2 rings (SSSR count). The smallest absolute Gasteiger partial charge is 0.253 e. The third-order valence-corrected chi connectivity index (χ3v) is 4.41. The van der Waals surface area contributed by atoms with Crippen molar-refractivity contribution in [1.29, 1.82) is 0 Å². The highest BCUT2D eigenvalue weighted by atomic mass is 79.9. The number of piperidine rings is 1. The van der Waals surface area contributed by atoms with Gasteiger partial charge in [0.25, 0.3) is 5.91 Å². The van der Waals surface area contributed by atoms with Gasteiger partial charge >= 0.3 is 0 Å². The summed E-state index contributed by atoms with van der Waals surface area (Å²) in [7, 11) is 0. The molecule has 3 nitrogen and oxygen atoms in total. The largest absolute Gasteiger partial charge is 0.398 e. The molecule has 1 fully saturated rings. The van der Waals surface area contributed by atoms with E-state index in [1.54, 1.807) is 12.1 Å². The number of nitrogens with zero attached hydrogens (tertiary/aromatic N) is 1. The topological polar surface area (TPSA) is 46.3 Å². The summed E-state index contributed by atoms with van der Waals surface area (Å²) < 4.78 is 0.789. The fraction of sp³-hybridized carbons (Fsp3) is 0.500. The Kier molecular flexibility index (Phi) is 4.27. The predicted octanol–water partition coefficient (Wildman–Crippen LogP) is 3.29. The number of amides is 1. The van der Waals surface area contributed by atoms with E-state index in [2.05, 4.69) is 22.9 Å². The van der Waals surface area contributed by atoms with E-state index in [9.17, 15) is 4.79 Å². The van der Waals surface area contributed by atoms with Gasteiger partial charge in [-0.3, -0.25) is 4.79 Å². The van der Waals surface area contributed by atoms with Gasteiger partial charge in [-0.05, 0) is 52.9 Å². The number of carbonyl (C=O) groups is 1. The van der Waals surface area contributed by atoms with Crippen molar-refractivity contribution >= 4 is 27.5 Å². The van der Waals surface area contributed by atoms with E-state index in [0.717, 1.165) is 36.3 Å². The van der Waals surface area contributed by atoms with Gasteiger partial charge in [0.15, 0.2) is 0 Å². The van der Waals surface area contributed by atoms with E-state index in [1.165, 1.54) is 6.42 Å². The van der Waals surface area contributed by atoms with Crippen LogP contribution in [0.25, 0.3) is 0 Å². The van der Waals surface area contributed by atoms with E-state index in [4.69, 9.17) is 5.73 Å². The van der Waals surface area contributed by atoms with Crippen LogP contribution in [-0.2, 0) is 0 Å². The molecule has 1 amide bonds. The predicted molar refractivity (Wildman–Crippen MR) is 77.5 cm³/mol. The Balaban J connectivity index is 2.05. The van der Waals surface area contributed by atoms with Crippen LogP contribution in [0.2, 0.25) is 0 Å². The number of carbonyl (C=O) groups excluding carboxylic acids is 1. The van der Waals surface area contributed by atoms with Gasteiger partial charge in [0.1, 0.15) is 0 Å². The maximum atomic E-state index is 12.3. The summed E-state index contributed by atoms with van der Waals surface area (Å²) in [4.78, 5) is 14.3. The first kappa shape index (κ1) is 13.4. The standard InChI is InChI=1S/C14H19BrN2O/c1-2-10-5-7-17(8-6-10)14(18)11-3-4-13(16)12(15)9-11/h3-4,9-10H,2,5-8,16H2,1H3. The molecule has 1 aromatic rings. The monoisotopic (exact) mass is 310 g/mol. The summed E-state index contributed by atoms with van der Waals surface area (Å²) in [5, 5.41) is 0. The molecule has 2 N–H and O–H groups in total. The van der Waals surface area contributed by atoms with E-state index < -0.39 is 0 Å². The lowest BCUT2D eigenvalue weighted by molar-refractivity contribution is 0.0689. The molecule has 0 radical (unpaired) electrons. The van der Waals surface area contributed by atoms with Gasteiger partial charge in [-0.25, -0.2) is 0 Å². The molecular formula is C14H19BrN2O. The zero-order valence-electron chi connectivity index (χ0n) is 10.7. The summed E-state index contributed by atoms with van der Waals surface area (Å²) in [6.45, 7) is 3.97. The molecule has 1 aliphatic heterocycles. The van der Waals surface area contributed by atoms with Gasteiger partial charge in [0.2, 0.25) is 0 Å². The highest BCUT2D eigenvalue weighted by molar-refractivity contribution is 9.10. The van der Waals surface area contributed by atoms with Gasteiger partial charge in [-0.15, -0.1) is 0 Å². The van der Waals surface area contributed by atoms with Crippen molar-refractivity contribution < 1.29 is 4.79 Å². The Morgan fingerprint density at radius 1 is 1.44 bits per heavy atom. The van der Waals surface area contributed by atoms with Crippen LogP contribution < -0.4 is 5.73 Å². The van der Waals surface area contributed by atoms with Crippen LogP contribution in [0.1, 0.15) is 36.5 Å². The lowest BCUT2D eigenvalue weighted by Crippen LogP contribution is -2.38. The molecule has 1 saturated heterocycles. The summed E-state index contributed by atoms with van der Waals surface area (Å²) in [5.41, 5.74) is 7.11. The van der Waals surface area contributed by atoms with Crippen molar-refractivity contribution in [2.45, 2.75) is 26.2 Å². The first-order valence-electron chi connectivity index (χ1n) is 6.46. The first-order chi connectivity index (χ1) is 8.61. The molecule has 1 aromatic carbocycles. The molecule has 18 heavy (non-hydrogen) atoms. The van der Waals surface area contributed by atoms with E-state index >= 15 is 0 Å². The fourth-order valence-corrected chi connectivity index (χ4v) is 2.77. The molecule has 0 aliphatic carbocycles. The minimum Gasteiger partial charge on any atom is -0.398 e. The zero-order chi connectivity index (χ0) is 13.1. The van der Waals surface area contributed by atoms with Gasteiger partial charge in [-0.2, -0.15) is 0 Å². The van der Waals surface area contributed by atoms with Crippen LogP contribution in [0.3, 0.4) is 0 Å². The molecule has 0 bridgehead atoms. The molecule has 4 heteroatoms. The summed E-state index contributed by atoms with van der Waals surface area (Å²) in [5.74, 6) is 0.900. The van der Waals surface area contributed by atoms with E-state index in [1.807, 2.05) is 11.0 Å². The molecule has 0 spiro atoms. The first-order valence-corrected chi connectivity index (χ1v) is 7.25. The summed E-state index contributed by atoms with van der Waals surface area (Å²) in [6.07, 6.45) is 3.46. The van der Waals surface area contributed by atoms with Crippen molar-refractivity contribution in [3.05, 3.63) is 28.2 Å². The maximum absolute atomic E-state index is 12.3. The second kappa shape index (κ2) is 5.74. The van der Waals surface area contributed by atoms with Gasteiger partial charge in [0, 0.05) is 28.8 Å². The third kappa shape index (κ3) is 2.86. The van der Waals surface area contributed by atoms with Gasteiger partial charge in [-0.1, -0.05) is 13.3 Å². The van der Waals surface area contributed by atoms with Crippen LogP contribution in [0.5, 0.6) is 0 Å². The van der Waals surface area contributed by atoms with Crippen molar-refractivity contribution in [2.24, 2.45) is 5.92 Å². The van der Waals surface area contributed by atoms with Crippen molar-refractivity contribution in [3.8, 4) is 0 Å². The molecule has 0 atom stereocenters. The molecule has 0 aromatic heterocycles. The summed E-state index contributed by atoms with van der Waals surface area (Å²) >= 11 is 3.36. The molecule has 0 unspecified atom stereocenters. The SMILES string of the molecule is CCC1CCN(C(=O)c2ccc(N)c(Br)c2)CC1. The van der Waals surface area contributed by atoms with Crippen LogP contribution in [0.15, 0.2) is 22.7 Å². The fourth-order valence-electron chi connectivity index (χ4n) is 2.39. The molecular weight excluding hydrogens is 292 g/mol. The quantitative estimate of drug-likeness (QED) is 0.852. The number of halogens is 1. The third-order valence-electron chi connectivity index (χ3n) is 3.73. The number of rotatable bonds is 2. The van der Waals surface area contributed by atoms with E-state index in [-0.39, 0.29) is 5.91 Å². The zero-order valence-corrected chi connectivity index (χ0v) is 12.2. The Bertz CT molecular complexity index is 439. The number of hydrogen-bond acceptors (Lipinski definition) is 2. The van der Waals surface area contributed by atoms with Crippen LogP contribution in [0, 0.1) is 5.92 Å². The molecule has 1 aliphatic rings. The second-order valence-electron chi connectivity index (χ2n) is 4.88. The number of anilines is 1. The molecule has 0 saturated carbocycles. The average molecular weight is 311 g/mol. The lowest BCUT2D eigenvalue weighted by Gasteiger charge is -2.31. The van der Waals surface area contributed by atoms with Crippen LogP contribution in [0.4, 0.5) is 5.69 Å². The highest BCUT2D eigenvalue weighted by Gasteiger charge is 2.22. The Labute approximate surface area is 116 Å². The number of nitrogen functional groups attached to an aromatic ring is 1. The second-order valence-corrected chi connectivity index (χ2v) is 5.73. The van der Waals surface area contributed by atoms with Crippen molar-refractivity contribution in [3.63, 3.8) is 0 Å². The molecule has 1 heterocycles. The van der Waals surface area contributed by atoms with Crippen LogP contribution in [-0.4, -0.2) is 23.9 Å². The normalized spacial score (nSPS) is 16.9. The van der Waals surface area contributed by atoms with Crippen LogP contribution >= 0.6 is 15.9 Å². The minimum atomic E-state index is 0.116. The Hall–Kier alpha value is -1.03. The highest BCUT2D eigenvalue weighted by Crippen LogP contribution is 2.24. The minimum absolute atomic E-state index is 0.116. The maximum Gasteiger partial charge on any atom is 0.253 e. The van der Waals surface area contributed by atoms with Gasteiger partial charge in [0.05, 0.1) is 0 Å². The Morgan fingerprint density at radius 3 is 2.67 bits per heavy atom. The van der Waals surface area contributed by atoms with E-state index in [0.29, 0.717) is 11.3 Å². The average Bonchev–Trinajstić information content (AvgIpc) is 2.41. The molecule has 98 valence electrons. The number of benzene rings is 1.